The number of nitrogens with zero attached hydrogens (tertiary/aromatic N) is 6. The van der Waals surface area contributed by atoms with Gasteiger partial charge in [-0.15, -0.1) is 0 Å². The number of rotatable bonds is 7. The van der Waals surface area contributed by atoms with Crippen LogP contribution < -0.4 is 4.90 Å². The molecule has 3 aliphatic rings. The number of aromatic nitrogens is 2. The van der Waals surface area contributed by atoms with Gasteiger partial charge in [0.1, 0.15) is 9.99 Å². The number of sulfonamides is 1. The summed E-state index contributed by atoms with van der Waals surface area (Å²) in [5.41, 5.74) is -3.72. The average Bonchev–Trinajstić information content (AvgIpc) is 3.41. The van der Waals surface area contributed by atoms with Crippen molar-refractivity contribution in [3.8, 4) is 0 Å². The lowest BCUT2D eigenvalue weighted by molar-refractivity contribution is -0.380. The summed E-state index contributed by atoms with van der Waals surface area (Å²) >= 11 is 0.548. The summed E-state index contributed by atoms with van der Waals surface area (Å²) in [6.07, 6.45) is -2.61. The molecule has 41 heavy (non-hydrogen) atoms. The molecule has 0 aromatic carbocycles. The van der Waals surface area contributed by atoms with Crippen LogP contribution in [0.2, 0.25) is 0 Å². The number of Topliss-reactive ketones (excluding diaryl/α,β-unsaturated/α-hetero) is 1. The van der Waals surface area contributed by atoms with Gasteiger partial charge in [0.15, 0.2) is 5.60 Å². The third-order valence-electron chi connectivity index (χ3n) is 7.70. The van der Waals surface area contributed by atoms with Gasteiger partial charge in [0.05, 0.1) is 24.2 Å². The van der Waals surface area contributed by atoms with Gasteiger partial charge in [-0.3, -0.25) is 19.8 Å². The molecule has 5 heterocycles. The first-order chi connectivity index (χ1) is 19.2. The minimum Gasteiger partial charge on any atom is -0.378 e. The Kier molecular flexibility index (Phi) is 7.84. The monoisotopic (exact) mass is 620 g/mol. The molecule has 3 aliphatic heterocycles. The lowest BCUT2D eigenvalue weighted by Crippen LogP contribution is -2.64. The van der Waals surface area contributed by atoms with E-state index in [2.05, 4.69) is 14.9 Å². The Bertz CT molecular complexity index is 1400. The summed E-state index contributed by atoms with van der Waals surface area (Å²) < 4.78 is 73.5. The number of carbonyl (C=O) groups excluding carboxylic acids is 1. The minimum absolute atomic E-state index is 0.0373. The van der Waals surface area contributed by atoms with Gasteiger partial charge in [-0.1, -0.05) is 0 Å². The highest BCUT2D eigenvalue weighted by molar-refractivity contribution is 7.91. The molecule has 3 unspecified atom stereocenters. The van der Waals surface area contributed by atoms with Crippen LogP contribution in [0.3, 0.4) is 0 Å². The van der Waals surface area contributed by atoms with E-state index in [-0.39, 0.29) is 72.0 Å². The zero-order valence-corrected chi connectivity index (χ0v) is 23.4. The summed E-state index contributed by atoms with van der Waals surface area (Å²) in [5, 5.41) is 20.8. The van der Waals surface area contributed by atoms with Crippen LogP contribution in [0, 0.1) is 10.1 Å². The second kappa shape index (κ2) is 10.8. The van der Waals surface area contributed by atoms with Crippen molar-refractivity contribution >= 4 is 38.1 Å². The number of anilines is 1. The quantitative estimate of drug-likeness (QED) is 0.353. The fourth-order valence-corrected chi connectivity index (χ4v) is 8.09. The molecular formula is C23H27F3N6O7S2. The topological polar surface area (TPSA) is 159 Å². The Hall–Kier alpha value is -2.77. The molecule has 0 spiro atoms. The van der Waals surface area contributed by atoms with Crippen molar-refractivity contribution in [1.82, 2.24) is 19.2 Å². The highest BCUT2D eigenvalue weighted by atomic mass is 32.2. The first kappa shape index (κ1) is 29.7. The number of hydrogen-bond donors (Lipinski definition) is 1. The number of hydrogen-bond acceptors (Lipinski definition) is 12. The van der Waals surface area contributed by atoms with Crippen molar-refractivity contribution in [3.05, 3.63) is 40.2 Å². The summed E-state index contributed by atoms with van der Waals surface area (Å²) in [6.45, 7) is 1.51. The van der Waals surface area contributed by atoms with E-state index in [9.17, 15) is 41.6 Å². The predicted octanol–water partition coefficient (Wildman–Crippen LogP) is 1.53. The number of piperazine rings is 1. The molecule has 0 saturated carbocycles. The number of nitro groups is 1. The van der Waals surface area contributed by atoms with Gasteiger partial charge in [0.25, 0.3) is 10.0 Å². The molecule has 0 aliphatic carbocycles. The molecule has 13 nitrogen and oxygen atoms in total. The van der Waals surface area contributed by atoms with Gasteiger partial charge in [0, 0.05) is 75.1 Å². The first-order valence-corrected chi connectivity index (χ1v) is 14.9. The second-order valence-electron chi connectivity index (χ2n) is 10.4. The van der Waals surface area contributed by atoms with Crippen molar-refractivity contribution in [1.29, 1.82) is 0 Å². The summed E-state index contributed by atoms with van der Waals surface area (Å²) in [4.78, 5) is 34.7. The number of thiophene rings is 1. The molecular weight excluding hydrogens is 593 g/mol. The van der Waals surface area contributed by atoms with E-state index in [1.807, 2.05) is 0 Å². The maximum absolute atomic E-state index is 13.4. The zero-order valence-electron chi connectivity index (χ0n) is 21.7. The first-order valence-electron chi connectivity index (χ1n) is 12.7. The molecule has 18 heteroatoms. The van der Waals surface area contributed by atoms with Gasteiger partial charge >= 0.3 is 11.2 Å². The summed E-state index contributed by atoms with van der Waals surface area (Å²) in [5.74, 6) is 0.161. The Morgan fingerprint density at radius 1 is 1.17 bits per heavy atom. The zero-order chi connectivity index (χ0) is 29.7. The third-order valence-corrected chi connectivity index (χ3v) is 11.1. The van der Waals surface area contributed by atoms with Crippen LogP contribution >= 0.6 is 11.3 Å². The van der Waals surface area contributed by atoms with Crippen LogP contribution in [0.25, 0.3) is 0 Å². The molecule has 224 valence electrons. The average molecular weight is 621 g/mol. The van der Waals surface area contributed by atoms with Crippen molar-refractivity contribution in [3.63, 3.8) is 0 Å². The molecule has 0 radical (unpaired) electrons. The Balaban J connectivity index is 1.44. The van der Waals surface area contributed by atoms with Crippen molar-refractivity contribution in [2.75, 3.05) is 44.3 Å². The molecule has 5 rings (SSSR count). The number of ether oxygens (including phenoxy) is 1. The molecule has 2 aromatic heterocycles. The molecule has 1 N–H and O–H groups in total. The van der Waals surface area contributed by atoms with Crippen molar-refractivity contribution in [2.24, 2.45) is 0 Å². The van der Waals surface area contributed by atoms with Gasteiger partial charge in [-0.05, 0) is 24.3 Å². The van der Waals surface area contributed by atoms with E-state index in [1.54, 1.807) is 4.90 Å². The number of alkyl halides is 3. The van der Waals surface area contributed by atoms with Crippen molar-refractivity contribution < 1.29 is 41.2 Å². The maximum Gasteiger partial charge on any atom is 0.421 e. The highest BCUT2D eigenvalue weighted by Gasteiger charge is 2.52. The molecule has 3 saturated heterocycles. The molecule has 4 atom stereocenters. The van der Waals surface area contributed by atoms with Gasteiger partial charge in [-0.2, -0.15) is 17.5 Å². The largest absolute Gasteiger partial charge is 0.421 e. The third kappa shape index (κ3) is 5.68. The predicted molar refractivity (Wildman–Crippen MR) is 138 cm³/mol. The fourth-order valence-electron chi connectivity index (χ4n) is 5.36. The van der Waals surface area contributed by atoms with Crippen molar-refractivity contribution in [2.45, 2.75) is 53.9 Å². The number of aliphatic hydroxyl groups is 1. The van der Waals surface area contributed by atoms with E-state index in [0.29, 0.717) is 31.5 Å². The number of morpholine rings is 1. The van der Waals surface area contributed by atoms with Crippen LogP contribution in [0.5, 0.6) is 0 Å². The van der Waals surface area contributed by atoms with Gasteiger partial charge in [0.2, 0.25) is 5.95 Å². The summed E-state index contributed by atoms with van der Waals surface area (Å²) in [6, 6.07) is 1.30. The Morgan fingerprint density at radius 2 is 1.80 bits per heavy atom. The standard InChI is InChI=1S/C23H27F3N6O7S2/c1-22(34,23(24,25)26)14-8-27-21(28-9-14)30-5-4-29(41(37,38)20-3-2-19(40-20)32(35)36)10-17(30)11-31-15-6-18(33)7-16(31)13-39-12-15/h2-3,8-9,15-17,34H,4-7,10-13H2,1H3/t15?,16?,17-,22?/m1/s1. The maximum atomic E-state index is 13.4. The highest BCUT2D eigenvalue weighted by Crippen LogP contribution is 2.38. The number of fused-ring (bicyclic) bond motifs is 2. The Morgan fingerprint density at radius 3 is 2.37 bits per heavy atom. The SMILES string of the molecule is CC(O)(c1cnc(N2CCN(S(=O)(=O)c3ccc([N+](=O)[O-])s3)C[C@@H]2CN2C3COCC2CC(=O)C3)nc1)C(F)(F)F. The fraction of sp³-hybridized carbons (Fsp3) is 0.609. The number of piperidine rings is 1. The van der Waals surface area contributed by atoms with E-state index < -0.39 is 38.3 Å². The number of carbonyl (C=O) groups is 1. The van der Waals surface area contributed by atoms with Gasteiger partial charge < -0.3 is 14.7 Å². The van der Waals surface area contributed by atoms with Crippen LogP contribution in [-0.4, -0.2) is 107 Å². The smallest absolute Gasteiger partial charge is 0.378 e. The molecule has 0 amide bonds. The van der Waals surface area contributed by atoms with E-state index in [0.717, 1.165) is 18.5 Å². The van der Waals surface area contributed by atoms with E-state index >= 15 is 0 Å². The van der Waals surface area contributed by atoms with Crippen LogP contribution in [-0.2, 0) is 25.2 Å². The van der Waals surface area contributed by atoms with Crippen LogP contribution in [0.15, 0.2) is 28.7 Å². The van der Waals surface area contributed by atoms with Gasteiger partial charge in [-0.25, -0.2) is 18.4 Å². The Labute approximate surface area is 236 Å². The lowest BCUT2D eigenvalue weighted by atomic mass is 9.92. The van der Waals surface area contributed by atoms with E-state index in [1.165, 1.54) is 10.4 Å². The van der Waals surface area contributed by atoms with Crippen LogP contribution in [0.1, 0.15) is 25.3 Å². The van der Waals surface area contributed by atoms with E-state index in [4.69, 9.17) is 4.74 Å². The number of halogens is 3. The molecule has 2 bridgehead atoms. The molecule has 2 aromatic rings. The minimum atomic E-state index is -4.96. The number of ketones is 1. The molecule has 3 fully saturated rings. The normalized spacial score (nSPS) is 26.1. The lowest BCUT2D eigenvalue weighted by Gasteiger charge is -2.49. The summed E-state index contributed by atoms with van der Waals surface area (Å²) in [7, 11) is -4.10. The van der Waals surface area contributed by atoms with Crippen LogP contribution in [0.4, 0.5) is 24.1 Å². The second-order valence-corrected chi connectivity index (χ2v) is 13.6.